The molecule has 98 valence electrons. The number of fused-ring (bicyclic) bond motifs is 1. The first-order valence-electron chi connectivity index (χ1n) is 7.04. The minimum Gasteiger partial charge on any atom is -0.459 e. The Morgan fingerprint density at radius 1 is 1.11 bits per heavy atom. The van der Waals surface area contributed by atoms with Gasteiger partial charge < -0.3 is 9.73 Å². The summed E-state index contributed by atoms with van der Waals surface area (Å²) in [6.07, 6.45) is 3.21. The third kappa shape index (κ3) is 2.44. The fourth-order valence-electron chi connectivity index (χ4n) is 2.47. The fourth-order valence-corrected chi connectivity index (χ4v) is 2.47. The van der Waals surface area contributed by atoms with Gasteiger partial charge in [-0.2, -0.15) is 0 Å². The first-order chi connectivity index (χ1) is 8.81. The summed E-state index contributed by atoms with van der Waals surface area (Å²) in [5.74, 6) is 1.11. The van der Waals surface area contributed by atoms with E-state index in [9.17, 15) is 0 Å². The summed E-state index contributed by atoms with van der Waals surface area (Å²) in [5, 5.41) is 4.73. The molecule has 0 aliphatic heterocycles. The van der Waals surface area contributed by atoms with Gasteiger partial charge in [-0.15, -0.1) is 0 Å². The van der Waals surface area contributed by atoms with Gasteiger partial charge in [0, 0.05) is 10.9 Å². The lowest BCUT2D eigenvalue weighted by Gasteiger charge is -2.01. The van der Waals surface area contributed by atoms with Gasteiger partial charge in [-0.25, -0.2) is 0 Å². The van der Waals surface area contributed by atoms with E-state index >= 15 is 0 Å². The second kappa shape index (κ2) is 6.05. The number of aryl methyl sites for hydroxylation is 2. The van der Waals surface area contributed by atoms with Crippen molar-refractivity contribution in [1.82, 2.24) is 5.32 Å². The largest absolute Gasteiger partial charge is 0.459 e. The van der Waals surface area contributed by atoms with Crippen molar-refractivity contribution in [2.75, 3.05) is 6.54 Å². The van der Waals surface area contributed by atoms with Gasteiger partial charge in [0.15, 0.2) is 0 Å². The van der Waals surface area contributed by atoms with E-state index in [0.717, 1.165) is 43.7 Å². The maximum Gasteiger partial charge on any atom is 0.137 e. The average molecular weight is 245 g/mol. The molecule has 0 radical (unpaired) electrons. The van der Waals surface area contributed by atoms with Crippen LogP contribution in [0.1, 0.15) is 44.1 Å². The summed E-state index contributed by atoms with van der Waals surface area (Å²) in [7, 11) is 0. The Morgan fingerprint density at radius 3 is 2.61 bits per heavy atom. The van der Waals surface area contributed by atoms with Crippen LogP contribution in [0.4, 0.5) is 0 Å². The van der Waals surface area contributed by atoms with Crippen LogP contribution in [0.15, 0.2) is 22.6 Å². The Balaban J connectivity index is 2.40. The first kappa shape index (κ1) is 13.2. The Labute approximate surface area is 109 Å². The molecule has 1 aromatic heterocycles. The van der Waals surface area contributed by atoms with E-state index in [1.807, 2.05) is 0 Å². The predicted molar refractivity (Wildman–Crippen MR) is 77.0 cm³/mol. The SMILES string of the molecule is CCCNCc1oc2c(CC)cccc2c1CC. The van der Waals surface area contributed by atoms with Gasteiger partial charge in [0.05, 0.1) is 6.54 Å². The highest BCUT2D eigenvalue weighted by atomic mass is 16.3. The number of hydrogen-bond donors (Lipinski definition) is 1. The number of rotatable bonds is 6. The third-order valence-corrected chi connectivity index (χ3v) is 3.43. The second-order valence-corrected chi connectivity index (χ2v) is 4.68. The van der Waals surface area contributed by atoms with Crippen LogP contribution in [0.3, 0.4) is 0 Å². The highest BCUT2D eigenvalue weighted by molar-refractivity contribution is 5.85. The second-order valence-electron chi connectivity index (χ2n) is 4.68. The molecule has 2 nitrogen and oxygen atoms in total. The maximum atomic E-state index is 6.10. The van der Waals surface area contributed by atoms with Gasteiger partial charge in [0.25, 0.3) is 0 Å². The van der Waals surface area contributed by atoms with Crippen LogP contribution in [0.5, 0.6) is 0 Å². The van der Waals surface area contributed by atoms with Crippen molar-refractivity contribution in [3.8, 4) is 0 Å². The van der Waals surface area contributed by atoms with E-state index in [2.05, 4.69) is 44.3 Å². The smallest absolute Gasteiger partial charge is 0.137 e. The normalized spacial score (nSPS) is 11.3. The van der Waals surface area contributed by atoms with Crippen molar-refractivity contribution < 1.29 is 4.42 Å². The van der Waals surface area contributed by atoms with Crippen molar-refractivity contribution in [3.63, 3.8) is 0 Å². The number of para-hydroxylation sites is 1. The maximum absolute atomic E-state index is 6.10. The van der Waals surface area contributed by atoms with E-state index in [1.54, 1.807) is 0 Å². The molecule has 2 heteroatoms. The average Bonchev–Trinajstić information content (AvgIpc) is 2.76. The summed E-state index contributed by atoms with van der Waals surface area (Å²) in [5.41, 5.74) is 3.76. The molecule has 0 atom stereocenters. The van der Waals surface area contributed by atoms with Gasteiger partial charge >= 0.3 is 0 Å². The molecular formula is C16H23NO. The molecule has 1 N–H and O–H groups in total. The topological polar surface area (TPSA) is 25.2 Å². The highest BCUT2D eigenvalue weighted by Crippen LogP contribution is 2.29. The zero-order chi connectivity index (χ0) is 13.0. The Kier molecular flexibility index (Phi) is 4.43. The fraction of sp³-hybridized carbons (Fsp3) is 0.500. The summed E-state index contributed by atoms with van der Waals surface area (Å²) < 4.78 is 6.10. The molecular weight excluding hydrogens is 222 g/mol. The zero-order valence-electron chi connectivity index (χ0n) is 11.7. The quantitative estimate of drug-likeness (QED) is 0.776. The van der Waals surface area contributed by atoms with Gasteiger partial charge in [0.1, 0.15) is 11.3 Å². The van der Waals surface area contributed by atoms with Crippen LogP contribution in [0, 0.1) is 0 Å². The third-order valence-electron chi connectivity index (χ3n) is 3.43. The van der Waals surface area contributed by atoms with Gasteiger partial charge in [-0.1, -0.05) is 39.0 Å². The van der Waals surface area contributed by atoms with Crippen LogP contribution in [-0.4, -0.2) is 6.54 Å². The summed E-state index contributed by atoms with van der Waals surface area (Å²) in [6, 6.07) is 6.48. The van der Waals surface area contributed by atoms with Crippen molar-refractivity contribution in [3.05, 3.63) is 35.1 Å². The molecule has 1 aromatic carbocycles. The van der Waals surface area contributed by atoms with Crippen molar-refractivity contribution >= 4 is 11.0 Å². The molecule has 2 rings (SSSR count). The van der Waals surface area contributed by atoms with Crippen LogP contribution < -0.4 is 5.32 Å². The van der Waals surface area contributed by atoms with Gasteiger partial charge in [0.2, 0.25) is 0 Å². The lowest BCUT2D eigenvalue weighted by Crippen LogP contribution is -2.14. The van der Waals surface area contributed by atoms with E-state index < -0.39 is 0 Å². The standard InChI is InChI=1S/C16H23NO/c1-4-10-17-11-15-13(6-3)14-9-7-8-12(5-2)16(14)18-15/h7-9,17H,4-6,10-11H2,1-3H3. The molecule has 0 fully saturated rings. The van der Waals surface area contributed by atoms with Gasteiger partial charge in [-0.05, 0) is 31.4 Å². The molecule has 0 aliphatic carbocycles. The molecule has 0 unspecified atom stereocenters. The molecule has 2 aromatic rings. The lowest BCUT2D eigenvalue weighted by molar-refractivity contribution is 0.506. The zero-order valence-corrected chi connectivity index (χ0v) is 11.7. The minimum atomic E-state index is 0.842. The molecule has 1 heterocycles. The Morgan fingerprint density at radius 2 is 1.94 bits per heavy atom. The highest BCUT2D eigenvalue weighted by Gasteiger charge is 2.13. The summed E-state index contributed by atoms with van der Waals surface area (Å²) >= 11 is 0. The molecule has 0 amide bonds. The van der Waals surface area contributed by atoms with Crippen LogP contribution in [-0.2, 0) is 19.4 Å². The molecule has 0 aliphatic rings. The first-order valence-corrected chi connectivity index (χ1v) is 7.04. The predicted octanol–water partition coefficient (Wildman–Crippen LogP) is 4.06. The molecule has 18 heavy (non-hydrogen) atoms. The Bertz CT molecular complexity index is 513. The van der Waals surface area contributed by atoms with Crippen LogP contribution in [0.2, 0.25) is 0 Å². The number of benzene rings is 1. The van der Waals surface area contributed by atoms with E-state index in [1.165, 1.54) is 16.5 Å². The Hall–Kier alpha value is -1.28. The van der Waals surface area contributed by atoms with E-state index in [-0.39, 0.29) is 0 Å². The number of nitrogens with one attached hydrogen (secondary N) is 1. The van der Waals surface area contributed by atoms with Crippen LogP contribution in [0.25, 0.3) is 11.0 Å². The van der Waals surface area contributed by atoms with E-state index in [4.69, 9.17) is 4.42 Å². The monoisotopic (exact) mass is 245 g/mol. The molecule has 0 saturated heterocycles. The van der Waals surface area contributed by atoms with Gasteiger partial charge in [-0.3, -0.25) is 0 Å². The lowest BCUT2D eigenvalue weighted by atomic mass is 10.0. The van der Waals surface area contributed by atoms with Crippen molar-refractivity contribution in [2.24, 2.45) is 0 Å². The molecule has 0 bridgehead atoms. The minimum absolute atomic E-state index is 0.842. The number of hydrogen-bond acceptors (Lipinski definition) is 2. The van der Waals surface area contributed by atoms with Crippen molar-refractivity contribution in [2.45, 2.75) is 46.6 Å². The van der Waals surface area contributed by atoms with E-state index in [0.29, 0.717) is 0 Å². The molecule has 0 saturated carbocycles. The van der Waals surface area contributed by atoms with Crippen molar-refractivity contribution in [1.29, 1.82) is 0 Å². The summed E-state index contributed by atoms with van der Waals surface area (Å²) in [4.78, 5) is 0. The van der Waals surface area contributed by atoms with Crippen LogP contribution >= 0.6 is 0 Å². The number of furan rings is 1. The molecule has 0 spiro atoms. The summed E-state index contributed by atoms with van der Waals surface area (Å²) in [6.45, 7) is 8.45.